The van der Waals surface area contributed by atoms with E-state index in [1.165, 1.54) is 11.0 Å². The lowest BCUT2D eigenvalue weighted by Crippen LogP contribution is -2.57. The molecule has 2 rings (SSSR count). The van der Waals surface area contributed by atoms with Crippen molar-refractivity contribution in [3.63, 3.8) is 0 Å². The second-order valence-corrected chi connectivity index (χ2v) is 7.09. The zero-order chi connectivity index (χ0) is 18.8. The number of benzene rings is 1. The summed E-state index contributed by atoms with van der Waals surface area (Å²) in [5, 5.41) is 29.3. The van der Waals surface area contributed by atoms with Crippen molar-refractivity contribution < 1.29 is 29.3 Å². The number of hydrogen-bond donors (Lipinski definition) is 3. The maximum absolute atomic E-state index is 13.5. The molecule has 1 amide bonds. The van der Waals surface area contributed by atoms with Crippen LogP contribution in [0, 0.1) is 17.2 Å². The normalized spacial score (nSPS) is 23.7. The van der Waals surface area contributed by atoms with E-state index in [1.807, 2.05) is 13.8 Å². The molecule has 0 radical (unpaired) electrons. The van der Waals surface area contributed by atoms with E-state index in [4.69, 9.17) is 0 Å². The van der Waals surface area contributed by atoms with Crippen LogP contribution in [0.1, 0.15) is 43.5 Å². The van der Waals surface area contributed by atoms with E-state index in [0.29, 0.717) is 6.42 Å². The number of phenols is 1. The van der Waals surface area contributed by atoms with Crippen LogP contribution in [0.4, 0.5) is 4.39 Å². The van der Waals surface area contributed by atoms with Gasteiger partial charge in [-0.25, -0.2) is 4.39 Å². The molecule has 0 aliphatic carbocycles. The largest absolute Gasteiger partial charge is 0.505 e. The number of carboxylic acid groups (broad SMARTS) is 1. The van der Waals surface area contributed by atoms with Gasteiger partial charge in [-0.2, -0.15) is 0 Å². The molecule has 138 valence electrons. The summed E-state index contributed by atoms with van der Waals surface area (Å²) in [7, 11) is 0. The average Bonchev–Trinajstić information content (AvgIpc) is 2.55. The number of hydrogen-bond acceptors (Lipinski definition) is 4. The fraction of sp³-hybridized carbons (Fsp3) is 0.556. The maximum atomic E-state index is 13.5. The molecule has 6 nitrogen and oxygen atoms in total. The van der Waals surface area contributed by atoms with Crippen molar-refractivity contribution >= 4 is 11.9 Å². The number of carbonyl (C=O) groups excluding carboxylic acids is 1. The zero-order valence-electron chi connectivity index (χ0n) is 14.4. The van der Waals surface area contributed by atoms with Gasteiger partial charge in [0.25, 0.3) is 5.91 Å². The summed E-state index contributed by atoms with van der Waals surface area (Å²) >= 11 is 0. The minimum atomic E-state index is -1.42. The van der Waals surface area contributed by atoms with Crippen LogP contribution in [-0.4, -0.2) is 51.3 Å². The third-order valence-electron chi connectivity index (χ3n) is 4.86. The van der Waals surface area contributed by atoms with Crippen molar-refractivity contribution in [1.82, 2.24) is 4.90 Å². The first-order valence-corrected chi connectivity index (χ1v) is 8.36. The van der Waals surface area contributed by atoms with Gasteiger partial charge in [0.1, 0.15) is 5.41 Å². The molecule has 1 saturated heterocycles. The van der Waals surface area contributed by atoms with E-state index in [2.05, 4.69) is 0 Å². The van der Waals surface area contributed by atoms with Crippen molar-refractivity contribution in [3.8, 4) is 5.75 Å². The Morgan fingerprint density at radius 1 is 1.40 bits per heavy atom. The fourth-order valence-corrected chi connectivity index (χ4v) is 3.18. The van der Waals surface area contributed by atoms with Crippen LogP contribution in [0.25, 0.3) is 0 Å². The van der Waals surface area contributed by atoms with E-state index in [-0.39, 0.29) is 37.4 Å². The Labute approximate surface area is 145 Å². The second kappa shape index (κ2) is 7.39. The van der Waals surface area contributed by atoms with Gasteiger partial charge in [-0.3, -0.25) is 9.59 Å². The number of aliphatic hydroxyl groups is 1. The first-order valence-electron chi connectivity index (χ1n) is 8.36. The van der Waals surface area contributed by atoms with Crippen LogP contribution in [0.3, 0.4) is 0 Å². The van der Waals surface area contributed by atoms with E-state index in [9.17, 15) is 29.3 Å². The molecule has 1 fully saturated rings. The number of phenolic OH excluding ortho intramolecular Hbond substituents is 1. The molecule has 2 atom stereocenters. The quantitative estimate of drug-likeness (QED) is 0.754. The lowest BCUT2D eigenvalue weighted by molar-refractivity contribution is -0.163. The highest BCUT2D eigenvalue weighted by Gasteiger charge is 2.49. The van der Waals surface area contributed by atoms with E-state index < -0.39 is 35.0 Å². The number of aliphatic hydroxyl groups excluding tert-OH is 1. The van der Waals surface area contributed by atoms with Gasteiger partial charge in [0.15, 0.2) is 11.6 Å². The minimum absolute atomic E-state index is 0.0369. The number of aliphatic carboxylic acids is 1. The maximum Gasteiger partial charge on any atom is 0.314 e. The van der Waals surface area contributed by atoms with Crippen LogP contribution in [0.2, 0.25) is 0 Å². The summed E-state index contributed by atoms with van der Waals surface area (Å²) in [5.74, 6) is -2.84. The number of carbonyl (C=O) groups is 2. The Morgan fingerprint density at radius 2 is 2.08 bits per heavy atom. The second-order valence-electron chi connectivity index (χ2n) is 7.09. The lowest BCUT2D eigenvalue weighted by atomic mass is 9.72. The molecule has 1 aromatic carbocycles. The number of piperidine rings is 1. The standard InChI is InChI=1S/C18H24FNO5/c1-11(2)5-7-18(17(24)25)10-20(8-6-15(18)22)16(23)12-3-4-14(21)13(19)9-12/h3-4,9,11,15,21-22H,5-8,10H2,1-2H3,(H,24,25)/t15-,18-/m1/s1. The number of amides is 1. The monoisotopic (exact) mass is 353 g/mol. The molecular weight excluding hydrogens is 329 g/mol. The average molecular weight is 353 g/mol. The molecule has 7 heteroatoms. The molecule has 1 heterocycles. The highest BCUT2D eigenvalue weighted by Crippen LogP contribution is 2.37. The lowest BCUT2D eigenvalue weighted by Gasteiger charge is -2.43. The Kier molecular flexibility index (Phi) is 5.67. The smallest absolute Gasteiger partial charge is 0.314 e. The molecule has 0 unspecified atom stereocenters. The van der Waals surface area contributed by atoms with Crippen molar-refractivity contribution in [2.24, 2.45) is 11.3 Å². The van der Waals surface area contributed by atoms with Gasteiger partial charge in [0.2, 0.25) is 0 Å². The van der Waals surface area contributed by atoms with Gasteiger partial charge in [-0.05, 0) is 43.4 Å². The molecule has 25 heavy (non-hydrogen) atoms. The third-order valence-corrected chi connectivity index (χ3v) is 4.86. The topological polar surface area (TPSA) is 98.1 Å². The van der Waals surface area contributed by atoms with Gasteiger partial charge in [0, 0.05) is 18.7 Å². The van der Waals surface area contributed by atoms with Crippen molar-refractivity contribution in [1.29, 1.82) is 0 Å². The molecule has 0 spiro atoms. The predicted octanol–water partition coefficient (Wildman–Crippen LogP) is 2.25. The number of likely N-dealkylation sites (tertiary alicyclic amines) is 1. The summed E-state index contributed by atoms with van der Waals surface area (Å²) in [4.78, 5) is 25.9. The third kappa shape index (κ3) is 3.92. The van der Waals surface area contributed by atoms with Crippen molar-refractivity contribution in [2.45, 2.75) is 39.2 Å². The first-order chi connectivity index (χ1) is 11.7. The van der Waals surface area contributed by atoms with Crippen molar-refractivity contribution in [3.05, 3.63) is 29.6 Å². The molecular formula is C18H24FNO5. The van der Waals surface area contributed by atoms with E-state index in [1.54, 1.807) is 0 Å². The molecule has 3 N–H and O–H groups in total. The Bertz CT molecular complexity index is 663. The summed E-state index contributed by atoms with van der Waals surface area (Å²) in [6, 6.07) is 3.31. The van der Waals surface area contributed by atoms with Crippen molar-refractivity contribution in [2.75, 3.05) is 13.1 Å². The van der Waals surface area contributed by atoms with E-state index in [0.717, 1.165) is 12.1 Å². The zero-order valence-corrected chi connectivity index (χ0v) is 14.4. The fourth-order valence-electron chi connectivity index (χ4n) is 3.18. The number of rotatable bonds is 5. The first kappa shape index (κ1) is 19.2. The van der Waals surface area contributed by atoms with Gasteiger partial charge in [-0.1, -0.05) is 13.8 Å². The van der Waals surface area contributed by atoms with Crippen LogP contribution >= 0.6 is 0 Å². The molecule has 0 bridgehead atoms. The number of nitrogens with zero attached hydrogens (tertiary/aromatic N) is 1. The number of aromatic hydroxyl groups is 1. The molecule has 0 aromatic heterocycles. The van der Waals surface area contributed by atoms with Gasteiger partial charge < -0.3 is 20.2 Å². The highest BCUT2D eigenvalue weighted by molar-refractivity contribution is 5.95. The number of carboxylic acids is 1. The van der Waals surface area contributed by atoms with Gasteiger partial charge >= 0.3 is 5.97 Å². The van der Waals surface area contributed by atoms with Crippen LogP contribution < -0.4 is 0 Å². The predicted molar refractivity (Wildman–Crippen MR) is 88.7 cm³/mol. The molecule has 1 aliphatic heterocycles. The minimum Gasteiger partial charge on any atom is -0.505 e. The van der Waals surface area contributed by atoms with Crippen LogP contribution in [0.5, 0.6) is 5.75 Å². The van der Waals surface area contributed by atoms with Gasteiger partial charge in [-0.15, -0.1) is 0 Å². The summed E-state index contributed by atoms with van der Waals surface area (Å²) < 4.78 is 13.5. The Morgan fingerprint density at radius 3 is 2.64 bits per heavy atom. The SMILES string of the molecule is CC(C)CC[C@@]1(C(=O)O)CN(C(=O)c2ccc(O)c(F)c2)CC[C@H]1O. The highest BCUT2D eigenvalue weighted by atomic mass is 19.1. The van der Waals surface area contributed by atoms with Crippen LogP contribution in [-0.2, 0) is 4.79 Å². The summed E-state index contributed by atoms with van der Waals surface area (Å²) in [6.45, 7) is 4.00. The van der Waals surface area contributed by atoms with E-state index >= 15 is 0 Å². The van der Waals surface area contributed by atoms with Crippen LogP contribution in [0.15, 0.2) is 18.2 Å². The summed E-state index contributed by atoms with van der Waals surface area (Å²) in [6.07, 6.45) is -0.0190. The van der Waals surface area contributed by atoms with Gasteiger partial charge in [0.05, 0.1) is 6.10 Å². The molecule has 0 saturated carbocycles. The Hall–Kier alpha value is -2.15. The molecule has 1 aromatic rings. The summed E-state index contributed by atoms with van der Waals surface area (Å²) in [5.41, 5.74) is -1.39. The number of halogens is 1. The molecule has 1 aliphatic rings. The Balaban J connectivity index is 2.26.